The Balaban J connectivity index is 1.57. The second kappa shape index (κ2) is 9.47. The van der Waals surface area contributed by atoms with Crippen LogP contribution in [0.5, 0.6) is 0 Å². The van der Waals surface area contributed by atoms with Crippen LogP contribution in [-0.2, 0) is 27.7 Å². The van der Waals surface area contributed by atoms with Gasteiger partial charge in [-0.25, -0.2) is 8.42 Å². The molecule has 6 nitrogen and oxygen atoms in total. The molecule has 0 aromatic heterocycles. The van der Waals surface area contributed by atoms with E-state index in [9.17, 15) is 13.2 Å². The maximum absolute atomic E-state index is 13.2. The van der Waals surface area contributed by atoms with Crippen molar-refractivity contribution in [2.75, 3.05) is 16.2 Å². The highest BCUT2D eigenvalue weighted by Gasteiger charge is 2.27. The van der Waals surface area contributed by atoms with Crippen molar-refractivity contribution in [3.63, 3.8) is 0 Å². The number of amides is 1. The Kier molecular flexibility index (Phi) is 6.47. The van der Waals surface area contributed by atoms with Gasteiger partial charge in [0.25, 0.3) is 10.0 Å². The van der Waals surface area contributed by atoms with Crippen LogP contribution in [0.1, 0.15) is 35.1 Å². The molecule has 33 heavy (non-hydrogen) atoms. The zero-order valence-electron chi connectivity index (χ0n) is 18.4. The van der Waals surface area contributed by atoms with Crippen molar-refractivity contribution in [1.82, 2.24) is 0 Å². The number of benzene rings is 3. The Morgan fingerprint density at radius 3 is 2.61 bits per heavy atom. The first kappa shape index (κ1) is 22.6. The number of carbonyl (C=O) groups excluding carboxylic acids is 1. The number of nitriles is 1. The number of rotatable bonds is 6. The maximum Gasteiger partial charge on any atom is 0.261 e. The maximum atomic E-state index is 13.2. The summed E-state index contributed by atoms with van der Waals surface area (Å²) < 4.78 is 28.5. The third kappa shape index (κ3) is 4.91. The molecule has 1 aliphatic rings. The molecule has 4 rings (SSSR count). The number of fused-ring (bicyclic) bond motifs is 1. The van der Waals surface area contributed by atoms with E-state index in [4.69, 9.17) is 5.26 Å². The summed E-state index contributed by atoms with van der Waals surface area (Å²) in [5.74, 6) is -0.0516. The Morgan fingerprint density at radius 1 is 1.09 bits per heavy atom. The van der Waals surface area contributed by atoms with Crippen LogP contribution in [0.3, 0.4) is 0 Å². The van der Waals surface area contributed by atoms with Crippen LogP contribution in [-0.4, -0.2) is 20.9 Å². The lowest BCUT2D eigenvalue weighted by molar-refractivity contribution is -0.118. The Morgan fingerprint density at radius 2 is 1.88 bits per heavy atom. The van der Waals surface area contributed by atoms with E-state index in [1.807, 2.05) is 31.2 Å². The van der Waals surface area contributed by atoms with Gasteiger partial charge in [-0.3, -0.25) is 9.52 Å². The molecule has 0 radical (unpaired) electrons. The van der Waals surface area contributed by atoms with Gasteiger partial charge in [0.05, 0.1) is 27.9 Å². The lowest BCUT2D eigenvalue weighted by Crippen LogP contribution is -2.36. The SMILES string of the molecule is Cc1cc(CCC(=O)N2CCCc3cccc(NS(=O)(=O)c4ccccc4)c32)ccc1C#N. The molecule has 3 aromatic rings. The molecule has 1 amide bonds. The van der Waals surface area contributed by atoms with Crippen LogP contribution < -0.4 is 9.62 Å². The van der Waals surface area contributed by atoms with Crippen molar-refractivity contribution in [2.45, 2.75) is 37.5 Å². The Bertz CT molecular complexity index is 1330. The first-order valence-electron chi connectivity index (χ1n) is 10.9. The lowest BCUT2D eigenvalue weighted by Gasteiger charge is -2.32. The minimum atomic E-state index is -3.78. The third-order valence-electron chi connectivity index (χ3n) is 5.86. The number of hydrogen-bond acceptors (Lipinski definition) is 4. The van der Waals surface area contributed by atoms with Crippen molar-refractivity contribution in [2.24, 2.45) is 0 Å². The molecule has 1 N–H and O–H groups in total. The molecular formula is C26H25N3O3S. The van der Waals surface area contributed by atoms with Gasteiger partial charge in [-0.05, 0) is 67.1 Å². The average Bonchev–Trinajstić information content (AvgIpc) is 2.83. The quantitative estimate of drug-likeness (QED) is 0.584. The lowest BCUT2D eigenvalue weighted by atomic mass is 9.99. The molecule has 0 fully saturated rings. The second-order valence-corrected chi connectivity index (χ2v) is 9.82. The van der Waals surface area contributed by atoms with Crippen molar-refractivity contribution in [3.05, 3.63) is 89.0 Å². The number of nitrogens with zero attached hydrogens (tertiary/aromatic N) is 2. The van der Waals surface area contributed by atoms with E-state index in [0.29, 0.717) is 36.3 Å². The zero-order valence-corrected chi connectivity index (χ0v) is 19.2. The van der Waals surface area contributed by atoms with Gasteiger partial charge in [-0.2, -0.15) is 5.26 Å². The van der Waals surface area contributed by atoms with Crippen molar-refractivity contribution < 1.29 is 13.2 Å². The number of aryl methyl sites for hydroxylation is 3. The molecule has 0 saturated heterocycles. The summed E-state index contributed by atoms with van der Waals surface area (Å²) in [7, 11) is -3.78. The largest absolute Gasteiger partial charge is 0.310 e. The summed E-state index contributed by atoms with van der Waals surface area (Å²) in [4.78, 5) is 15.1. The first-order chi connectivity index (χ1) is 15.9. The average molecular weight is 460 g/mol. The van der Waals surface area contributed by atoms with Crippen molar-refractivity contribution in [3.8, 4) is 6.07 Å². The first-order valence-corrected chi connectivity index (χ1v) is 12.4. The highest BCUT2D eigenvalue weighted by atomic mass is 32.2. The molecule has 7 heteroatoms. The predicted octanol–water partition coefficient (Wildman–Crippen LogP) is 4.58. The summed E-state index contributed by atoms with van der Waals surface area (Å²) >= 11 is 0. The zero-order chi connectivity index (χ0) is 23.4. The van der Waals surface area contributed by atoms with E-state index in [1.165, 1.54) is 0 Å². The number of sulfonamides is 1. The highest BCUT2D eigenvalue weighted by molar-refractivity contribution is 7.92. The summed E-state index contributed by atoms with van der Waals surface area (Å²) in [6.45, 7) is 2.43. The molecule has 0 aliphatic carbocycles. The van der Waals surface area contributed by atoms with E-state index in [-0.39, 0.29) is 10.8 Å². The Hall–Kier alpha value is -3.63. The summed E-state index contributed by atoms with van der Waals surface area (Å²) in [5, 5.41) is 9.11. The van der Waals surface area contributed by atoms with Crippen LogP contribution >= 0.6 is 0 Å². The summed E-state index contributed by atoms with van der Waals surface area (Å²) in [6.07, 6.45) is 2.46. The van der Waals surface area contributed by atoms with Crippen LogP contribution in [0.4, 0.5) is 11.4 Å². The predicted molar refractivity (Wildman–Crippen MR) is 129 cm³/mol. The minimum absolute atomic E-state index is 0.0516. The van der Waals surface area contributed by atoms with Crippen molar-refractivity contribution >= 4 is 27.3 Å². The van der Waals surface area contributed by atoms with Gasteiger partial charge in [-0.15, -0.1) is 0 Å². The van der Waals surface area contributed by atoms with Crippen LogP contribution in [0.2, 0.25) is 0 Å². The van der Waals surface area contributed by atoms with Crippen LogP contribution in [0.25, 0.3) is 0 Å². The molecule has 1 heterocycles. The number of nitrogens with one attached hydrogen (secondary N) is 1. The van der Waals surface area contributed by atoms with Crippen molar-refractivity contribution in [1.29, 1.82) is 5.26 Å². The third-order valence-corrected chi connectivity index (χ3v) is 7.24. The van der Waals surface area contributed by atoms with Gasteiger partial charge < -0.3 is 4.90 Å². The number of carbonyl (C=O) groups is 1. The fourth-order valence-electron chi connectivity index (χ4n) is 4.18. The molecule has 0 spiro atoms. The fraction of sp³-hybridized carbons (Fsp3) is 0.231. The Labute approximate surface area is 194 Å². The van der Waals surface area contributed by atoms with E-state index < -0.39 is 10.0 Å². The molecule has 0 unspecified atom stereocenters. The van der Waals surface area contributed by atoms with Gasteiger partial charge in [0, 0.05) is 13.0 Å². The summed E-state index contributed by atoms with van der Waals surface area (Å²) in [5.41, 5.74) is 4.53. The summed E-state index contributed by atoms with van der Waals surface area (Å²) in [6, 6.07) is 21.4. The van der Waals surface area contributed by atoms with Crippen LogP contribution in [0.15, 0.2) is 71.6 Å². The molecule has 3 aromatic carbocycles. The smallest absolute Gasteiger partial charge is 0.261 e. The van der Waals surface area contributed by atoms with Gasteiger partial charge in [0.15, 0.2) is 0 Å². The van der Waals surface area contributed by atoms with Gasteiger partial charge in [0.2, 0.25) is 5.91 Å². The topological polar surface area (TPSA) is 90.3 Å². The normalized spacial score (nSPS) is 13.2. The van der Waals surface area contributed by atoms with Gasteiger partial charge >= 0.3 is 0 Å². The number of anilines is 2. The highest BCUT2D eigenvalue weighted by Crippen LogP contribution is 2.36. The molecule has 1 aliphatic heterocycles. The van der Waals surface area contributed by atoms with Crippen LogP contribution in [0, 0.1) is 18.3 Å². The van der Waals surface area contributed by atoms with E-state index >= 15 is 0 Å². The molecule has 168 valence electrons. The molecular weight excluding hydrogens is 434 g/mol. The van der Waals surface area contributed by atoms with E-state index in [0.717, 1.165) is 29.5 Å². The minimum Gasteiger partial charge on any atom is -0.310 e. The van der Waals surface area contributed by atoms with E-state index in [1.54, 1.807) is 47.4 Å². The van der Waals surface area contributed by atoms with Gasteiger partial charge in [-0.1, -0.05) is 42.5 Å². The number of hydrogen-bond donors (Lipinski definition) is 1. The number of para-hydroxylation sites is 1. The van der Waals surface area contributed by atoms with E-state index in [2.05, 4.69) is 10.8 Å². The molecule has 0 atom stereocenters. The molecule has 0 bridgehead atoms. The monoisotopic (exact) mass is 459 g/mol. The second-order valence-electron chi connectivity index (χ2n) is 8.14. The standard InChI is InChI=1S/C26H25N3O3S/c1-19-17-20(12-14-22(19)18-27)13-15-25(30)29-16-6-8-21-7-5-11-24(26(21)29)28-33(31,32)23-9-3-2-4-10-23/h2-5,7,9-12,14,17,28H,6,8,13,15-16H2,1H3. The fourth-order valence-corrected chi connectivity index (χ4v) is 5.27. The molecule has 0 saturated carbocycles. The van der Waals surface area contributed by atoms with Gasteiger partial charge in [0.1, 0.15) is 0 Å².